The standard InChI is InChI=1S/C19H28O2.2C2H6/c1-18-9-7-13(20)11-12(18)3-4-14-15-5-6-17(21)19(15,2)10-8-16(14)18;2*1-2/h3,14-17,21H,4-11H2,1-2H3;2*1-2H3. The number of hydrogen-bond donors (Lipinski definition) is 1. The molecule has 25 heavy (non-hydrogen) atoms. The molecule has 0 heterocycles. The number of ketones is 1. The lowest BCUT2D eigenvalue weighted by atomic mass is 9.48. The molecule has 0 aromatic rings. The molecule has 0 bridgehead atoms. The minimum atomic E-state index is -0.0884. The summed E-state index contributed by atoms with van der Waals surface area (Å²) in [4.78, 5) is 11.8. The molecule has 2 heteroatoms. The minimum Gasteiger partial charge on any atom is -0.393 e. The van der Waals surface area contributed by atoms with Crippen LogP contribution >= 0.6 is 0 Å². The van der Waals surface area contributed by atoms with Crippen LogP contribution in [0, 0.1) is 28.6 Å². The first-order chi connectivity index (χ1) is 11.9. The third-order valence-electron chi connectivity index (χ3n) is 7.89. The van der Waals surface area contributed by atoms with Gasteiger partial charge >= 0.3 is 0 Å². The van der Waals surface area contributed by atoms with Gasteiger partial charge < -0.3 is 5.11 Å². The van der Waals surface area contributed by atoms with Gasteiger partial charge in [-0.2, -0.15) is 0 Å². The van der Waals surface area contributed by atoms with Crippen LogP contribution in [-0.4, -0.2) is 17.0 Å². The van der Waals surface area contributed by atoms with Gasteiger partial charge in [-0.1, -0.05) is 53.2 Å². The Bertz CT molecular complexity index is 508. The molecular formula is C23H40O2. The van der Waals surface area contributed by atoms with Crippen molar-refractivity contribution in [1.82, 2.24) is 0 Å². The van der Waals surface area contributed by atoms with Crippen LogP contribution in [0.15, 0.2) is 11.6 Å². The zero-order valence-electron chi connectivity index (χ0n) is 17.4. The highest BCUT2D eigenvalue weighted by atomic mass is 16.3. The topological polar surface area (TPSA) is 37.3 Å². The van der Waals surface area contributed by atoms with Gasteiger partial charge in [-0.25, -0.2) is 0 Å². The number of aliphatic hydroxyl groups excluding tert-OH is 1. The second-order valence-electron chi connectivity index (χ2n) is 8.61. The summed E-state index contributed by atoms with van der Waals surface area (Å²) in [5, 5.41) is 10.4. The Morgan fingerprint density at radius 1 is 1.00 bits per heavy atom. The third-order valence-corrected chi connectivity index (χ3v) is 7.89. The van der Waals surface area contributed by atoms with Crippen molar-refractivity contribution in [2.24, 2.45) is 28.6 Å². The summed E-state index contributed by atoms with van der Waals surface area (Å²) in [5.41, 5.74) is 1.88. The summed E-state index contributed by atoms with van der Waals surface area (Å²) in [6, 6.07) is 0. The van der Waals surface area contributed by atoms with E-state index in [1.165, 1.54) is 24.8 Å². The van der Waals surface area contributed by atoms with Gasteiger partial charge in [-0.05, 0) is 67.1 Å². The smallest absolute Gasteiger partial charge is 0.136 e. The maximum atomic E-state index is 11.8. The van der Waals surface area contributed by atoms with Crippen molar-refractivity contribution in [1.29, 1.82) is 0 Å². The van der Waals surface area contributed by atoms with E-state index in [-0.39, 0.29) is 16.9 Å². The summed E-state index contributed by atoms with van der Waals surface area (Å²) in [5.74, 6) is 2.62. The van der Waals surface area contributed by atoms with E-state index in [0.717, 1.165) is 37.5 Å². The molecule has 0 radical (unpaired) electrons. The minimum absolute atomic E-state index is 0.0884. The van der Waals surface area contributed by atoms with Crippen molar-refractivity contribution in [3.8, 4) is 0 Å². The molecule has 0 aromatic heterocycles. The number of aliphatic hydroxyl groups is 1. The van der Waals surface area contributed by atoms with Crippen molar-refractivity contribution in [2.75, 3.05) is 0 Å². The fraction of sp³-hybridized carbons (Fsp3) is 0.870. The Hall–Kier alpha value is -0.630. The van der Waals surface area contributed by atoms with E-state index in [1.54, 1.807) is 0 Å². The van der Waals surface area contributed by atoms with Crippen molar-refractivity contribution in [2.45, 2.75) is 99.0 Å². The van der Waals surface area contributed by atoms with Crippen LogP contribution in [-0.2, 0) is 4.79 Å². The molecule has 6 atom stereocenters. The molecule has 0 spiro atoms. The number of carbonyl (C=O) groups is 1. The fourth-order valence-electron chi connectivity index (χ4n) is 6.45. The lowest BCUT2D eigenvalue weighted by Gasteiger charge is -2.57. The van der Waals surface area contributed by atoms with Gasteiger partial charge in [0.15, 0.2) is 0 Å². The van der Waals surface area contributed by atoms with E-state index in [9.17, 15) is 9.90 Å². The van der Waals surface area contributed by atoms with Gasteiger partial charge in [-0.15, -0.1) is 0 Å². The zero-order valence-corrected chi connectivity index (χ0v) is 17.4. The molecule has 1 N–H and O–H groups in total. The molecule has 0 amide bonds. The SMILES string of the molecule is CC.CC.CC12CCC(=O)CC1=CCC1C2CCC2(C)C(O)CCC12. The van der Waals surface area contributed by atoms with E-state index >= 15 is 0 Å². The van der Waals surface area contributed by atoms with Crippen LogP contribution in [0.25, 0.3) is 0 Å². The van der Waals surface area contributed by atoms with E-state index < -0.39 is 0 Å². The third kappa shape index (κ3) is 3.24. The predicted octanol–water partition coefficient (Wildman–Crippen LogP) is 5.93. The molecule has 3 fully saturated rings. The average Bonchev–Trinajstić information content (AvgIpc) is 2.94. The molecule has 144 valence electrons. The number of hydrogen-bond acceptors (Lipinski definition) is 2. The largest absolute Gasteiger partial charge is 0.393 e. The normalized spacial score (nSPS) is 44.8. The predicted molar refractivity (Wildman–Crippen MR) is 105 cm³/mol. The molecule has 0 aromatic carbocycles. The van der Waals surface area contributed by atoms with E-state index in [4.69, 9.17) is 0 Å². The Labute approximate surface area is 155 Å². The van der Waals surface area contributed by atoms with Crippen molar-refractivity contribution >= 4 is 5.78 Å². The van der Waals surface area contributed by atoms with E-state index in [2.05, 4.69) is 19.9 Å². The van der Waals surface area contributed by atoms with Gasteiger partial charge in [0.1, 0.15) is 5.78 Å². The summed E-state index contributed by atoms with van der Waals surface area (Å²) < 4.78 is 0. The molecular weight excluding hydrogens is 308 g/mol. The molecule has 2 nitrogen and oxygen atoms in total. The Balaban J connectivity index is 0.000000528. The number of allylic oxidation sites excluding steroid dienone is 2. The number of rotatable bonds is 0. The van der Waals surface area contributed by atoms with Gasteiger partial charge in [0, 0.05) is 12.8 Å². The fourth-order valence-corrected chi connectivity index (χ4v) is 6.45. The average molecular weight is 349 g/mol. The quantitative estimate of drug-likeness (QED) is 0.551. The summed E-state index contributed by atoms with van der Waals surface area (Å²) in [6.07, 6.45) is 10.6. The Morgan fingerprint density at radius 3 is 2.36 bits per heavy atom. The highest BCUT2D eigenvalue weighted by Gasteiger charge is 2.58. The van der Waals surface area contributed by atoms with Crippen LogP contribution < -0.4 is 0 Å². The second kappa shape index (κ2) is 7.94. The van der Waals surface area contributed by atoms with E-state index in [0.29, 0.717) is 18.1 Å². The summed E-state index contributed by atoms with van der Waals surface area (Å²) in [6.45, 7) is 12.8. The lowest BCUT2D eigenvalue weighted by Crippen LogP contribution is -2.50. The van der Waals surface area contributed by atoms with Crippen LogP contribution in [0.1, 0.15) is 92.9 Å². The summed E-state index contributed by atoms with van der Waals surface area (Å²) >= 11 is 0. The molecule has 6 unspecified atom stereocenters. The van der Waals surface area contributed by atoms with Crippen molar-refractivity contribution in [3.05, 3.63) is 11.6 Å². The highest BCUT2D eigenvalue weighted by Crippen LogP contribution is 2.64. The van der Waals surface area contributed by atoms with Crippen LogP contribution in [0.2, 0.25) is 0 Å². The first kappa shape index (κ1) is 20.7. The first-order valence-electron chi connectivity index (χ1n) is 10.8. The Kier molecular flexibility index (Phi) is 6.57. The van der Waals surface area contributed by atoms with Gasteiger partial charge in [0.05, 0.1) is 6.10 Å². The molecule has 0 aliphatic heterocycles. The molecule has 3 saturated carbocycles. The molecule has 4 aliphatic carbocycles. The first-order valence-corrected chi connectivity index (χ1v) is 10.8. The highest BCUT2D eigenvalue weighted by molar-refractivity contribution is 5.82. The van der Waals surface area contributed by atoms with Crippen LogP contribution in [0.5, 0.6) is 0 Å². The summed E-state index contributed by atoms with van der Waals surface area (Å²) in [7, 11) is 0. The lowest BCUT2D eigenvalue weighted by molar-refractivity contribution is -0.122. The monoisotopic (exact) mass is 348 g/mol. The van der Waals surface area contributed by atoms with Crippen molar-refractivity contribution in [3.63, 3.8) is 0 Å². The van der Waals surface area contributed by atoms with Gasteiger partial charge in [-0.3, -0.25) is 4.79 Å². The maximum Gasteiger partial charge on any atom is 0.136 e. The van der Waals surface area contributed by atoms with Gasteiger partial charge in [0.25, 0.3) is 0 Å². The zero-order chi connectivity index (χ0) is 18.8. The second-order valence-corrected chi connectivity index (χ2v) is 8.61. The molecule has 4 rings (SSSR count). The van der Waals surface area contributed by atoms with Crippen molar-refractivity contribution < 1.29 is 9.90 Å². The number of carbonyl (C=O) groups excluding carboxylic acids is 1. The number of fused-ring (bicyclic) bond motifs is 5. The van der Waals surface area contributed by atoms with Crippen LogP contribution in [0.3, 0.4) is 0 Å². The number of Topliss-reactive ketones (excluding diaryl/α,β-unsaturated/α-hetero) is 1. The maximum absolute atomic E-state index is 11.8. The van der Waals surface area contributed by atoms with Gasteiger partial charge in [0.2, 0.25) is 0 Å². The molecule has 0 saturated heterocycles. The van der Waals surface area contributed by atoms with E-state index in [1.807, 2.05) is 27.7 Å². The molecule has 4 aliphatic rings. The van der Waals surface area contributed by atoms with Crippen LogP contribution in [0.4, 0.5) is 0 Å². The Morgan fingerprint density at radius 2 is 1.68 bits per heavy atom.